The third kappa shape index (κ3) is 5.24. The number of benzene rings is 1. The van der Waals surface area contributed by atoms with E-state index in [-0.39, 0.29) is 10.1 Å². The summed E-state index contributed by atoms with van der Waals surface area (Å²) in [7, 11) is 0. The largest absolute Gasteiger partial charge is 0.477 e. The van der Waals surface area contributed by atoms with Gasteiger partial charge in [0.2, 0.25) is 10.5 Å². The molecule has 0 saturated carbocycles. The minimum Gasteiger partial charge on any atom is -0.477 e. The Labute approximate surface area is 195 Å². The van der Waals surface area contributed by atoms with Gasteiger partial charge in [-0.25, -0.2) is 4.79 Å². The number of amides is 2. The monoisotopic (exact) mass is 480 g/mol. The highest BCUT2D eigenvalue weighted by atomic mass is 32.2. The van der Waals surface area contributed by atoms with Crippen LogP contribution in [0, 0.1) is 0 Å². The molecular formula is C21H24N2O5S3. The average molecular weight is 481 g/mol. The average Bonchev–Trinajstić information content (AvgIpc) is 2.76. The zero-order valence-corrected chi connectivity index (χ0v) is 19.6. The van der Waals surface area contributed by atoms with Gasteiger partial charge in [-0.05, 0) is 31.1 Å². The van der Waals surface area contributed by atoms with Gasteiger partial charge in [-0.2, -0.15) is 0 Å². The Morgan fingerprint density at radius 3 is 2.74 bits per heavy atom. The fourth-order valence-corrected chi connectivity index (χ4v) is 5.74. The van der Waals surface area contributed by atoms with Gasteiger partial charge in [0.1, 0.15) is 17.1 Å². The van der Waals surface area contributed by atoms with Crippen LogP contribution in [0.2, 0.25) is 0 Å². The number of ether oxygens (including phenoxy) is 1. The lowest BCUT2D eigenvalue weighted by molar-refractivity contribution is -0.151. The number of β-lactam (4-membered cyclic amide) rings is 1. The Balaban J connectivity index is 1.72. The van der Waals surface area contributed by atoms with Crippen molar-refractivity contribution in [1.29, 1.82) is 0 Å². The number of nitrogens with one attached hydrogen (secondary N) is 1. The summed E-state index contributed by atoms with van der Waals surface area (Å²) >= 11 is 8.11. The molecule has 0 bridgehead atoms. The standard InChI is InChI=1S/C21H24N2O5S3/c1-3-4-10-30-21(29)28-16(13-8-6-5-7-9-13)17(24)22-14-18(25)23-15(20(26)27)12(2)11-31-19(14)23/h5-9,14,16,19H,3-4,10-11H2,1-2H3,(H,22,24)(H,26,27). The van der Waals surface area contributed by atoms with Gasteiger partial charge in [0.05, 0.1) is 0 Å². The number of hydrogen-bond acceptors (Lipinski definition) is 7. The van der Waals surface area contributed by atoms with Crippen molar-refractivity contribution >= 4 is 57.9 Å². The molecule has 1 fully saturated rings. The van der Waals surface area contributed by atoms with Crippen molar-refractivity contribution < 1.29 is 24.2 Å². The molecule has 3 atom stereocenters. The van der Waals surface area contributed by atoms with E-state index < -0.39 is 35.3 Å². The molecule has 7 nitrogen and oxygen atoms in total. The summed E-state index contributed by atoms with van der Waals surface area (Å²) in [5.74, 6) is -0.767. The first-order valence-corrected chi connectivity index (χ1v) is 12.4. The van der Waals surface area contributed by atoms with E-state index in [2.05, 4.69) is 12.2 Å². The number of nitrogens with zero attached hydrogens (tertiary/aromatic N) is 1. The number of carbonyl (C=O) groups excluding carboxylic acids is 2. The van der Waals surface area contributed by atoms with Crippen molar-refractivity contribution in [3.8, 4) is 0 Å². The Morgan fingerprint density at radius 1 is 1.39 bits per heavy atom. The Hall–Kier alpha value is -2.04. The lowest BCUT2D eigenvalue weighted by atomic mass is 10.0. The number of unbranched alkanes of at least 4 members (excludes halogenated alkanes) is 1. The molecule has 2 amide bonds. The van der Waals surface area contributed by atoms with E-state index in [1.165, 1.54) is 28.4 Å². The number of thioether (sulfide) groups is 2. The lowest BCUT2D eigenvalue weighted by Crippen LogP contribution is -2.70. The van der Waals surface area contributed by atoms with Crippen LogP contribution >= 0.6 is 35.7 Å². The van der Waals surface area contributed by atoms with Gasteiger partial charge in [-0.1, -0.05) is 55.4 Å². The number of hydrogen-bond donors (Lipinski definition) is 2. The van der Waals surface area contributed by atoms with Crippen molar-refractivity contribution in [2.45, 2.75) is 44.2 Å². The van der Waals surface area contributed by atoms with Crippen molar-refractivity contribution in [3.63, 3.8) is 0 Å². The van der Waals surface area contributed by atoms with E-state index in [4.69, 9.17) is 17.0 Å². The van der Waals surface area contributed by atoms with Crippen molar-refractivity contribution in [3.05, 3.63) is 47.2 Å². The number of rotatable bonds is 8. The van der Waals surface area contributed by atoms with Gasteiger partial charge in [0, 0.05) is 17.1 Å². The molecule has 2 heterocycles. The van der Waals surface area contributed by atoms with Crippen LogP contribution in [0.4, 0.5) is 0 Å². The Bertz CT molecular complexity index is 906. The third-order valence-electron chi connectivity index (χ3n) is 4.93. The number of carboxylic acid groups (broad SMARTS) is 1. The molecule has 166 valence electrons. The molecule has 2 aliphatic heterocycles. The first-order chi connectivity index (χ1) is 14.8. The maximum Gasteiger partial charge on any atom is 0.352 e. The van der Waals surface area contributed by atoms with Crippen LogP contribution in [0.25, 0.3) is 0 Å². The first-order valence-electron chi connectivity index (χ1n) is 9.91. The van der Waals surface area contributed by atoms with Gasteiger partial charge in [0.25, 0.3) is 11.8 Å². The second-order valence-corrected chi connectivity index (χ2v) is 9.99. The number of carbonyl (C=O) groups is 3. The quantitative estimate of drug-likeness (QED) is 0.332. The van der Waals surface area contributed by atoms with Crippen molar-refractivity contribution in [2.75, 3.05) is 11.5 Å². The predicted molar refractivity (Wildman–Crippen MR) is 126 cm³/mol. The summed E-state index contributed by atoms with van der Waals surface area (Å²) in [6, 6.07) is 8.15. The van der Waals surface area contributed by atoms with Crippen molar-refractivity contribution in [2.24, 2.45) is 0 Å². The normalized spacial score (nSPS) is 21.1. The molecule has 3 rings (SSSR count). The summed E-state index contributed by atoms with van der Waals surface area (Å²) in [4.78, 5) is 38.6. The van der Waals surface area contributed by atoms with E-state index >= 15 is 0 Å². The van der Waals surface area contributed by atoms with Crippen LogP contribution in [0.15, 0.2) is 41.6 Å². The number of carboxylic acids is 1. The van der Waals surface area contributed by atoms with E-state index in [0.29, 0.717) is 16.9 Å². The van der Waals surface area contributed by atoms with Gasteiger partial charge in [0.15, 0.2) is 0 Å². The lowest BCUT2D eigenvalue weighted by Gasteiger charge is -2.49. The maximum absolute atomic E-state index is 13.1. The maximum atomic E-state index is 13.1. The molecule has 0 radical (unpaired) electrons. The van der Waals surface area contributed by atoms with Crippen LogP contribution in [0.5, 0.6) is 0 Å². The highest BCUT2D eigenvalue weighted by molar-refractivity contribution is 8.22. The summed E-state index contributed by atoms with van der Waals surface area (Å²) in [5, 5.41) is 11.8. The molecule has 0 aliphatic carbocycles. The molecule has 10 heteroatoms. The van der Waals surface area contributed by atoms with E-state index in [1.807, 2.05) is 6.07 Å². The molecule has 3 unspecified atom stereocenters. The van der Waals surface area contributed by atoms with Crippen molar-refractivity contribution in [1.82, 2.24) is 10.2 Å². The van der Waals surface area contributed by atoms with Crippen LogP contribution in [0.3, 0.4) is 0 Å². The molecule has 1 aromatic rings. The fourth-order valence-electron chi connectivity index (χ4n) is 3.34. The zero-order valence-electron chi connectivity index (χ0n) is 17.2. The fraction of sp³-hybridized carbons (Fsp3) is 0.429. The first kappa shape index (κ1) is 23.6. The molecule has 0 spiro atoms. The minimum absolute atomic E-state index is 0.00334. The minimum atomic E-state index is -1.14. The highest BCUT2D eigenvalue weighted by Gasteiger charge is 2.54. The van der Waals surface area contributed by atoms with Gasteiger partial charge in [-0.3, -0.25) is 14.5 Å². The van der Waals surface area contributed by atoms with Crippen LogP contribution in [-0.2, 0) is 19.1 Å². The second kappa shape index (κ2) is 10.5. The zero-order chi connectivity index (χ0) is 22.5. The van der Waals surface area contributed by atoms with E-state index in [1.54, 1.807) is 31.2 Å². The predicted octanol–water partition coefficient (Wildman–Crippen LogP) is 3.32. The third-order valence-corrected chi connectivity index (χ3v) is 7.63. The number of thiocarbonyl (C=S) groups is 1. The van der Waals surface area contributed by atoms with E-state index in [9.17, 15) is 19.5 Å². The van der Waals surface area contributed by atoms with Gasteiger partial charge >= 0.3 is 5.97 Å². The van der Waals surface area contributed by atoms with Crippen LogP contribution in [-0.4, -0.2) is 55.1 Å². The SMILES string of the molecule is CCCCSC(=S)OC(C(=O)NC1C(=O)N2C(C(=O)O)=C(C)CSC12)c1ccccc1. The smallest absolute Gasteiger partial charge is 0.352 e. The van der Waals surface area contributed by atoms with Crippen LogP contribution < -0.4 is 5.32 Å². The Morgan fingerprint density at radius 2 is 2.10 bits per heavy atom. The van der Waals surface area contributed by atoms with Gasteiger partial charge < -0.3 is 15.2 Å². The van der Waals surface area contributed by atoms with E-state index in [0.717, 1.165) is 18.6 Å². The summed E-state index contributed by atoms with van der Waals surface area (Å²) in [6.07, 6.45) is 1.03. The molecule has 2 N–H and O–H groups in total. The van der Waals surface area contributed by atoms with Gasteiger partial charge in [-0.15, -0.1) is 11.8 Å². The topological polar surface area (TPSA) is 95.9 Å². The molecule has 1 saturated heterocycles. The summed E-state index contributed by atoms with van der Waals surface area (Å²) in [6.45, 7) is 3.78. The number of fused-ring (bicyclic) bond motifs is 1. The number of aliphatic carboxylic acids is 1. The highest BCUT2D eigenvalue weighted by Crippen LogP contribution is 2.40. The Kier molecular flexibility index (Phi) is 8.01. The van der Waals surface area contributed by atoms with Crippen LogP contribution in [0.1, 0.15) is 38.4 Å². The molecule has 2 aliphatic rings. The summed E-state index contributed by atoms with van der Waals surface area (Å²) in [5.41, 5.74) is 1.26. The second-order valence-electron chi connectivity index (χ2n) is 7.19. The summed E-state index contributed by atoms with van der Waals surface area (Å²) < 4.78 is 6.09. The molecular weight excluding hydrogens is 456 g/mol. The molecule has 0 aromatic heterocycles. The molecule has 1 aromatic carbocycles. The molecule has 31 heavy (non-hydrogen) atoms.